The SMILES string of the molecule is COc1ccc2nccc([C@@H](O)CC(=O)OC(C)(C)C)c2n1. The Hall–Kier alpha value is -2.21. The van der Waals surface area contributed by atoms with Crippen molar-refractivity contribution in [3.8, 4) is 5.88 Å². The molecule has 2 heterocycles. The van der Waals surface area contributed by atoms with Crippen molar-refractivity contribution >= 4 is 17.0 Å². The van der Waals surface area contributed by atoms with Crippen molar-refractivity contribution in [1.82, 2.24) is 9.97 Å². The van der Waals surface area contributed by atoms with Crippen LogP contribution >= 0.6 is 0 Å². The number of ether oxygens (including phenoxy) is 2. The minimum Gasteiger partial charge on any atom is -0.481 e. The zero-order chi connectivity index (χ0) is 16.3. The molecule has 0 radical (unpaired) electrons. The van der Waals surface area contributed by atoms with Crippen LogP contribution in [0.25, 0.3) is 11.0 Å². The fourth-order valence-electron chi connectivity index (χ4n) is 2.06. The van der Waals surface area contributed by atoms with Gasteiger partial charge in [-0.2, -0.15) is 0 Å². The van der Waals surface area contributed by atoms with Gasteiger partial charge in [-0.05, 0) is 32.9 Å². The van der Waals surface area contributed by atoms with Gasteiger partial charge in [-0.1, -0.05) is 0 Å². The standard InChI is InChI=1S/C16H20N2O4/c1-16(2,3)22-14(20)9-12(19)10-7-8-17-11-5-6-13(21-4)18-15(10)11/h5-8,12,19H,9H2,1-4H3/t12-/m0/s1. The van der Waals surface area contributed by atoms with E-state index >= 15 is 0 Å². The molecule has 1 N–H and O–H groups in total. The predicted octanol–water partition coefficient (Wildman–Crippen LogP) is 2.40. The minimum atomic E-state index is -1.01. The van der Waals surface area contributed by atoms with Gasteiger partial charge < -0.3 is 14.6 Å². The third-order valence-electron chi connectivity index (χ3n) is 2.94. The summed E-state index contributed by atoms with van der Waals surface area (Å²) < 4.78 is 10.3. The molecular formula is C16H20N2O4. The molecule has 0 aliphatic rings. The van der Waals surface area contributed by atoms with E-state index in [2.05, 4.69) is 9.97 Å². The van der Waals surface area contributed by atoms with Gasteiger partial charge >= 0.3 is 5.97 Å². The van der Waals surface area contributed by atoms with Crippen LogP contribution < -0.4 is 4.74 Å². The van der Waals surface area contributed by atoms with Crippen molar-refractivity contribution in [1.29, 1.82) is 0 Å². The van der Waals surface area contributed by atoms with Crippen molar-refractivity contribution in [2.45, 2.75) is 38.9 Å². The molecule has 0 aromatic carbocycles. The Morgan fingerprint density at radius 1 is 1.32 bits per heavy atom. The van der Waals surface area contributed by atoms with Crippen molar-refractivity contribution < 1.29 is 19.4 Å². The average Bonchev–Trinajstić information content (AvgIpc) is 2.43. The van der Waals surface area contributed by atoms with Crippen LogP contribution in [0.3, 0.4) is 0 Å². The van der Waals surface area contributed by atoms with Crippen molar-refractivity contribution in [3.05, 3.63) is 30.0 Å². The zero-order valence-electron chi connectivity index (χ0n) is 13.2. The van der Waals surface area contributed by atoms with Crippen LogP contribution in [0.5, 0.6) is 5.88 Å². The first-order valence-electron chi connectivity index (χ1n) is 7.00. The fraction of sp³-hybridized carbons (Fsp3) is 0.438. The maximum Gasteiger partial charge on any atom is 0.309 e. The predicted molar refractivity (Wildman–Crippen MR) is 81.5 cm³/mol. The van der Waals surface area contributed by atoms with Crippen molar-refractivity contribution in [3.63, 3.8) is 0 Å². The second kappa shape index (κ2) is 6.27. The number of hydrogen-bond acceptors (Lipinski definition) is 6. The smallest absolute Gasteiger partial charge is 0.309 e. The number of carbonyl (C=O) groups excluding carboxylic acids is 1. The average molecular weight is 304 g/mol. The summed E-state index contributed by atoms with van der Waals surface area (Å²) in [7, 11) is 1.52. The molecule has 0 saturated heterocycles. The van der Waals surface area contributed by atoms with E-state index < -0.39 is 17.7 Å². The third kappa shape index (κ3) is 3.92. The van der Waals surface area contributed by atoms with E-state index in [-0.39, 0.29) is 6.42 Å². The summed E-state index contributed by atoms with van der Waals surface area (Å²) in [4.78, 5) is 20.4. The number of esters is 1. The Morgan fingerprint density at radius 3 is 2.68 bits per heavy atom. The van der Waals surface area contributed by atoms with Gasteiger partial charge in [-0.15, -0.1) is 0 Å². The van der Waals surface area contributed by atoms with E-state index in [0.29, 0.717) is 22.5 Å². The molecule has 6 nitrogen and oxygen atoms in total. The first kappa shape index (κ1) is 16.2. The van der Waals surface area contributed by atoms with Crippen LogP contribution in [0.2, 0.25) is 0 Å². The summed E-state index contributed by atoms with van der Waals surface area (Å²) in [6.45, 7) is 5.35. The van der Waals surface area contributed by atoms with Crippen molar-refractivity contribution in [2.24, 2.45) is 0 Å². The summed E-state index contributed by atoms with van der Waals surface area (Å²) in [6, 6.07) is 5.09. The Kier molecular flexibility index (Phi) is 4.61. The van der Waals surface area contributed by atoms with Crippen LogP contribution in [0.4, 0.5) is 0 Å². The maximum atomic E-state index is 11.9. The second-order valence-electron chi connectivity index (χ2n) is 5.93. The first-order chi connectivity index (χ1) is 10.3. The number of pyridine rings is 2. The molecule has 0 spiro atoms. The van der Waals surface area contributed by atoms with E-state index in [9.17, 15) is 9.90 Å². The van der Waals surface area contributed by atoms with E-state index in [4.69, 9.17) is 9.47 Å². The molecule has 0 aliphatic heterocycles. The monoisotopic (exact) mass is 304 g/mol. The fourth-order valence-corrected chi connectivity index (χ4v) is 2.06. The van der Waals surface area contributed by atoms with E-state index in [0.717, 1.165) is 0 Å². The molecule has 2 aromatic heterocycles. The zero-order valence-corrected chi connectivity index (χ0v) is 13.2. The largest absolute Gasteiger partial charge is 0.481 e. The second-order valence-corrected chi connectivity index (χ2v) is 5.93. The lowest BCUT2D eigenvalue weighted by Gasteiger charge is -2.21. The highest BCUT2D eigenvalue weighted by atomic mass is 16.6. The van der Waals surface area contributed by atoms with Gasteiger partial charge in [0.25, 0.3) is 0 Å². The van der Waals surface area contributed by atoms with Gasteiger partial charge in [0, 0.05) is 17.8 Å². The van der Waals surface area contributed by atoms with E-state index in [1.54, 1.807) is 45.2 Å². The normalized spacial score (nSPS) is 13.0. The lowest BCUT2D eigenvalue weighted by atomic mass is 10.1. The van der Waals surface area contributed by atoms with Gasteiger partial charge in [0.05, 0.1) is 30.7 Å². The number of hydrogen-bond donors (Lipinski definition) is 1. The molecule has 0 amide bonds. The molecule has 2 rings (SSSR count). The van der Waals surface area contributed by atoms with E-state index in [1.807, 2.05) is 0 Å². The molecule has 0 saturated carbocycles. The maximum absolute atomic E-state index is 11.9. The number of fused-ring (bicyclic) bond motifs is 1. The third-order valence-corrected chi connectivity index (χ3v) is 2.94. The lowest BCUT2D eigenvalue weighted by Crippen LogP contribution is -2.25. The van der Waals surface area contributed by atoms with Crippen LogP contribution in [-0.4, -0.2) is 33.8 Å². The number of aromatic nitrogens is 2. The molecule has 0 fully saturated rings. The highest BCUT2D eigenvalue weighted by Crippen LogP contribution is 2.26. The van der Waals surface area contributed by atoms with Gasteiger partial charge in [-0.3, -0.25) is 9.78 Å². The Balaban J connectivity index is 2.27. The van der Waals surface area contributed by atoms with Gasteiger partial charge in [0.15, 0.2) is 0 Å². The van der Waals surface area contributed by atoms with Crippen LogP contribution in [0.1, 0.15) is 38.9 Å². The molecule has 0 aliphatic carbocycles. The van der Waals surface area contributed by atoms with Gasteiger partial charge in [0.1, 0.15) is 5.60 Å². The summed E-state index contributed by atoms with van der Waals surface area (Å²) >= 11 is 0. The van der Waals surface area contributed by atoms with Gasteiger partial charge in [-0.25, -0.2) is 4.98 Å². The number of rotatable bonds is 4. The van der Waals surface area contributed by atoms with Crippen LogP contribution in [-0.2, 0) is 9.53 Å². The summed E-state index contributed by atoms with van der Waals surface area (Å²) in [5, 5.41) is 10.3. The molecule has 22 heavy (non-hydrogen) atoms. The van der Waals surface area contributed by atoms with Crippen LogP contribution in [0, 0.1) is 0 Å². The Labute approximate surface area is 129 Å². The molecule has 0 bridgehead atoms. The minimum absolute atomic E-state index is 0.144. The quantitative estimate of drug-likeness (QED) is 0.874. The molecule has 2 aromatic rings. The number of carbonyl (C=O) groups is 1. The molecule has 0 unspecified atom stereocenters. The Morgan fingerprint density at radius 2 is 2.05 bits per heavy atom. The van der Waals surface area contributed by atoms with Gasteiger partial charge in [0.2, 0.25) is 5.88 Å². The molecule has 1 atom stereocenters. The number of aliphatic hydroxyl groups is 1. The summed E-state index contributed by atoms with van der Waals surface area (Å²) in [5.41, 5.74) is 1.08. The topological polar surface area (TPSA) is 81.5 Å². The Bertz CT molecular complexity index is 679. The van der Waals surface area contributed by atoms with E-state index in [1.165, 1.54) is 7.11 Å². The number of nitrogens with zero attached hydrogens (tertiary/aromatic N) is 2. The molecular weight excluding hydrogens is 284 g/mol. The summed E-state index contributed by atoms with van der Waals surface area (Å²) in [5.74, 6) is -0.0425. The first-order valence-corrected chi connectivity index (χ1v) is 7.00. The van der Waals surface area contributed by atoms with Crippen molar-refractivity contribution in [2.75, 3.05) is 7.11 Å². The summed E-state index contributed by atoms with van der Waals surface area (Å²) in [6.07, 6.45) is 0.416. The lowest BCUT2D eigenvalue weighted by molar-refractivity contribution is -0.157. The molecule has 118 valence electrons. The molecule has 6 heteroatoms. The number of aliphatic hydroxyl groups excluding tert-OH is 1. The highest BCUT2D eigenvalue weighted by Gasteiger charge is 2.22. The highest BCUT2D eigenvalue weighted by molar-refractivity contribution is 5.79. The number of methoxy groups -OCH3 is 1. The van der Waals surface area contributed by atoms with Crippen LogP contribution in [0.15, 0.2) is 24.4 Å².